The smallest absolute Gasteiger partial charge is 0.224 e. The van der Waals surface area contributed by atoms with Gasteiger partial charge in [-0.3, -0.25) is 9.69 Å². The maximum Gasteiger partial charge on any atom is 0.224 e. The van der Waals surface area contributed by atoms with E-state index in [4.69, 9.17) is 0 Å². The summed E-state index contributed by atoms with van der Waals surface area (Å²) < 4.78 is 0. The molecule has 0 bridgehead atoms. The van der Waals surface area contributed by atoms with Crippen molar-refractivity contribution in [1.82, 2.24) is 10.2 Å². The van der Waals surface area contributed by atoms with E-state index in [1.54, 1.807) is 18.2 Å². The molecule has 0 aliphatic carbocycles. The number of benzene rings is 2. The fourth-order valence-corrected chi connectivity index (χ4v) is 3.53. The number of rotatable bonds is 6. The number of phenolic OH excluding ortho intramolecular Hbond substituents is 1. The lowest BCUT2D eigenvalue weighted by Gasteiger charge is -2.22. The minimum absolute atomic E-state index is 0.0135. The molecule has 4 nitrogen and oxygen atoms in total. The monoisotopic (exact) mass is 338 g/mol. The van der Waals surface area contributed by atoms with Crippen molar-refractivity contribution in [2.24, 2.45) is 5.92 Å². The number of carbonyl (C=O) groups is 1. The first-order valence-corrected chi connectivity index (χ1v) is 8.93. The molecule has 2 N–H and O–H groups in total. The molecule has 1 amide bonds. The summed E-state index contributed by atoms with van der Waals surface area (Å²) in [7, 11) is 0. The largest absolute Gasteiger partial charge is 0.508 e. The van der Waals surface area contributed by atoms with Crippen LogP contribution in [0.2, 0.25) is 0 Å². The van der Waals surface area contributed by atoms with Gasteiger partial charge in [0.05, 0.1) is 6.42 Å². The van der Waals surface area contributed by atoms with Gasteiger partial charge in [-0.05, 0) is 49.1 Å². The van der Waals surface area contributed by atoms with E-state index in [0.717, 1.165) is 31.6 Å². The van der Waals surface area contributed by atoms with Crippen molar-refractivity contribution < 1.29 is 9.90 Å². The molecule has 3 rings (SSSR count). The number of hydrogen-bond acceptors (Lipinski definition) is 3. The van der Waals surface area contributed by atoms with Gasteiger partial charge in [-0.15, -0.1) is 0 Å². The standard InChI is InChI=1S/C21H26N2O2/c1-16(22-21(25)13-18-8-5-9-20(24)12-18)19-10-11-23(15-19)14-17-6-3-2-4-7-17/h2-9,12,16,19,24H,10-11,13-15H2,1H3,(H,22,25). The van der Waals surface area contributed by atoms with Crippen molar-refractivity contribution in [1.29, 1.82) is 0 Å². The molecule has 132 valence electrons. The van der Waals surface area contributed by atoms with Gasteiger partial charge in [0.25, 0.3) is 0 Å². The molecule has 2 aromatic rings. The van der Waals surface area contributed by atoms with Crippen LogP contribution in [-0.2, 0) is 17.8 Å². The van der Waals surface area contributed by atoms with Crippen LogP contribution in [0.25, 0.3) is 0 Å². The summed E-state index contributed by atoms with van der Waals surface area (Å²) in [5.41, 5.74) is 2.17. The molecule has 0 aromatic heterocycles. The molecule has 1 fully saturated rings. The van der Waals surface area contributed by atoms with Gasteiger partial charge < -0.3 is 10.4 Å². The van der Waals surface area contributed by atoms with Gasteiger partial charge >= 0.3 is 0 Å². The molecular formula is C21H26N2O2. The van der Waals surface area contributed by atoms with E-state index in [1.807, 2.05) is 12.1 Å². The normalized spacial score (nSPS) is 18.8. The second-order valence-electron chi connectivity index (χ2n) is 6.97. The molecule has 0 radical (unpaired) electrons. The maximum absolute atomic E-state index is 12.3. The predicted molar refractivity (Wildman–Crippen MR) is 99.2 cm³/mol. The number of nitrogens with zero attached hydrogens (tertiary/aromatic N) is 1. The first-order valence-electron chi connectivity index (χ1n) is 8.93. The Kier molecular flexibility index (Phi) is 5.71. The molecule has 1 aliphatic heterocycles. The summed E-state index contributed by atoms with van der Waals surface area (Å²) in [6.07, 6.45) is 1.42. The molecule has 4 heteroatoms. The fourth-order valence-electron chi connectivity index (χ4n) is 3.53. The van der Waals surface area contributed by atoms with Crippen LogP contribution in [0.15, 0.2) is 54.6 Å². The fraction of sp³-hybridized carbons (Fsp3) is 0.381. The average Bonchev–Trinajstić information content (AvgIpc) is 3.04. The number of likely N-dealkylation sites (tertiary alicyclic amines) is 1. The Labute approximate surface area is 149 Å². The van der Waals surface area contributed by atoms with Crippen LogP contribution in [-0.4, -0.2) is 35.0 Å². The first kappa shape index (κ1) is 17.5. The summed E-state index contributed by atoms with van der Waals surface area (Å²) in [4.78, 5) is 14.7. The number of phenols is 1. The molecule has 1 aliphatic rings. The zero-order valence-electron chi connectivity index (χ0n) is 14.7. The first-order chi connectivity index (χ1) is 12.1. The Hall–Kier alpha value is -2.33. The highest BCUT2D eigenvalue weighted by Crippen LogP contribution is 2.22. The molecule has 1 heterocycles. The van der Waals surface area contributed by atoms with Gasteiger partial charge in [0, 0.05) is 19.1 Å². The predicted octanol–water partition coefficient (Wildman–Crippen LogP) is 2.96. The average molecular weight is 338 g/mol. The third-order valence-corrected chi connectivity index (χ3v) is 4.93. The number of aromatic hydroxyl groups is 1. The van der Waals surface area contributed by atoms with Crippen molar-refractivity contribution in [2.75, 3.05) is 13.1 Å². The highest BCUT2D eigenvalue weighted by molar-refractivity contribution is 5.79. The highest BCUT2D eigenvalue weighted by atomic mass is 16.3. The van der Waals surface area contributed by atoms with Gasteiger partial charge in [0.1, 0.15) is 5.75 Å². The summed E-state index contributed by atoms with van der Waals surface area (Å²) in [5.74, 6) is 0.696. The summed E-state index contributed by atoms with van der Waals surface area (Å²) in [6.45, 7) is 5.16. The van der Waals surface area contributed by atoms with E-state index in [1.165, 1.54) is 5.56 Å². The lowest BCUT2D eigenvalue weighted by molar-refractivity contribution is -0.121. The zero-order valence-corrected chi connectivity index (χ0v) is 14.7. The molecular weight excluding hydrogens is 312 g/mol. The molecule has 2 aromatic carbocycles. The van der Waals surface area contributed by atoms with E-state index in [2.05, 4.69) is 41.4 Å². The van der Waals surface area contributed by atoms with Gasteiger partial charge in [-0.2, -0.15) is 0 Å². The summed E-state index contributed by atoms with van der Waals surface area (Å²) >= 11 is 0. The Morgan fingerprint density at radius 2 is 1.96 bits per heavy atom. The third-order valence-electron chi connectivity index (χ3n) is 4.93. The summed E-state index contributed by atoms with van der Waals surface area (Å²) in [5, 5.41) is 12.6. The lowest BCUT2D eigenvalue weighted by atomic mass is 10.00. The van der Waals surface area contributed by atoms with Crippen LogP contribution in [0, 0.1) is 5.92 Å². The Morgan fingerprint density at radius 1 is 1.20 bits per heavy atom. The quantitative estimate of drug-likeness (QED) is 0.851. The third kappa shape index (κ3) is 5.07. The molecule has 1 saturated heterocycles. The topological polar surface area (TPSA) is 52.6 Å². The van der Waals surface area contributed by atoms with Crippen molar-refractivity contribution in [3.8, 4) is 5.75 Å². The van der Waals surface area contributed by atoms with Crippen molar-refractivity contribution >= 4 is 5.91 Å². The van der Waals surface area contributed by atoms with Crippen LogP contribution < -0.4 is 5.32 Å². The van der Waals surface area contributed by atoms with E-state index in [9.17, 15) is 9.90 Å². The van der Waals surface area contributed by atoms with Crippen molar-refractivity contribution in [2.45, 2.75) is 32.4 Å². The number of nitrogens with one attached hydrogen (secondary N) is 1. The highest BCUT2D eigenvalue weighted by Gasteiger charge is 2.27. The Bertz CT molecular complexity index is 702. The molecule has 0 spiro atoms. The molecule has 2 unspecified atom stereocenters. The second-order valence-corrected chi connectivity index (χ2v) is 6.97. The lowest BCUT2D eigenvalue weighted by Crippen LogP contribution is -2.40. The zero-order chi connectivity index (χ0) is 17.6. The van der Waals surface area contributed by atoms with Crippen LogP contribution >= 0.6 is 0 Å². The molecule has 2 atom stereocenters. The minimum atomic E-state index is 0.0135. The SMILES string of the molecule is CC(NC(=O)Cc1cccc(O)c1)C1CCN(Cc2ccccc2)C1. The second kappa shape index (κ2) is 8.17. The molecule has 25 heavy (non-hydrogen) atoms. The minimum Gasteiger partial charge on any atom is -0.508 e. The van der Waals surface area contributed by atoms with Crippen LogP contribution in [0.3, 0.4) is 0 Å². The van der Waals surface area contributed by atoms with E-state index in [-0.39, 0.29) is 17.7 Å². The van der Waals surface area contributed by atoms with Crippen LogP contribution in [0.1, 0.15) is 24.5 Å². The van der Waals surface area contributed by atoms with E-state index < -0.39 is 0 Å². The van der Waals surface area contributed by atoms with Crippen molar-refractivity contribution in [3.05, 3.63) is 65.7 Å². The van der Waals surface area contributed by atoms with Gasteiger partial charge in [-0.1, -0.05) is 42.5 Å². The number of carbonyl (C=O) groups excluding carboxylic acids is 1. The van der Waals surface area contributed by atoms with Crippen LogP contribution in [0.5, 0.6) is 5.75 Å². The van der Waals surface area contributed by atoms with Crippen LogP contribution in [0.4, 0.5) is 0 Å². The van der Waals surface area contributed by atoms with Gasteiger partial charge in [-0.25, -0.2) is 0 Å². The van der Waals surface area contributed by atoms with E-state index in [0.29, 0.717) is 12.3 Å². The van der Waals surface area contributed by atoms with E-state index >= 15 is 0 Å². The maximum atomic E-state index is 12.3. The molecule has 0 saturated carbocycles. The Balaban J connectivity index is 1.47. The van der Waals surface area contributed by atoms with Gasteiger partial charge in [0.15, 0.2) is 0 Å². The van der Waals surface area contributed by atoms with Crippen molar-refractivity contribution in [3.63, 3.8) is 0 Å². The number of hydrogen-bond donors (Lipinski definition) is 2. The van der Waals surface area contributed by atoms with Gasteiger partial charge in [0.2, 0.25) is 5.91 Å². The summed E-state index contributed by atoms with van der Waals surface area (Å²) in [6, 6.07) is 17.6. The number of amides is 1. The Morgan fingerprint density at radius 3 is 2.72 bits per heavy atom.